The molecule has 1 N–H and O–H groups in total. The maximum Gasteiger partial charge on any atom is 0.134 e. The van der Waals surface area contributed by atoms with Gasteiger partial charge < -0.3 is 14.5 Å². The fourth-order valence-electron chi connectivity index (χ4n) is 1.97. The quantitative estimate of drug-likeness (QED) is 0.773. The van der Waals surface area contributed by atoms with Gasteiger partial charge in [0.05, 0.1) is 6.61 Å². The Hall–Kier alpha value is -1.58. The van der Waals surface area contributed by atoms with Gasteiger partial charge in [-0.2, -0.15) is 0 Å². The van der Waals surface area contributed by atoms with Gasteiger partial charge in [0, 0.05) is 19.0 Å². The molecule has 0 aliphatic heterocycles. The van der Waals surface area contributed by atoms with Crippen LogP contribution in [0.3, 0.4) is 0 Å². The highest BCUT2D eigenvalue weighted by Crippen LogP contribution is 2.24. The van der Waals surface area contributed by atoms with Crippen LogP contribution in [0, 0.1) is 0 Å². The molecule has 1 aromatic heterocycles. The summed E-state index contributed by atoms with van der Waals surface area (Å²) in [5.74, 6) is 0.957. The minimum atomic E-state index is 0.756. The van der Waals surface area contributed by atoms with E-state index in [2.05, 4.69) is 30.4 Å². The molecule has 1 heterocycles. The normalized spacial score (nSPS) is 12.2. The van der Waals surface area contributed by atoms with E-state index in [-0.39, 0.29) is 0 Å². The van der Waals surface area contributed by atoms with Crippen LogP contribution in [0.4, 0.5) is 0 Å². The van der Waals surface area contributed by atoms with Gasteiger partial charge >= 0.3 is 0 Å². The van der Waals surface area contributed by atoms with Crippen LogP contribution in [0.5, 0.6) is 0 Å². The van der Waals surface area contributed by atoms with Crippen LogP contribution in [0.25, 0.3) is 16.5 Å². The van der Waals surface area contributed by atoms with Crippen molar-refractivity contribution < 1.29 is 9.15 Å². The Balaban J connectivity index is 1.89. The van der Waals surface area contributed by atoms with Crippen molar-refractivity contribution in [1.29, 1.82) is 0 Å². The second-order valence-corrected chi connectivity index (χ2v) is 4.57. The number of hydrogen-bond donors (Lipinski definition) is 1. The minimum Gasteiger partial charge on any atom is -0.456 e. The van der Waals surface area contributed by atoms with Crippen molar-refractivity contribution in [2.45, 2.75) is 13.3 Å². The highest BCUT2D eigenvalue weighted by molar-refractivity contribution is 5.81. The topological polar surface area (TPSA) is 34.4 Å². The van der Waals surface area contributed by atoms with Gasteiger partial charge in [-0.15, -0.1) is 0 Å². The number of fused-ring (bicyclic) bond motifs is 1. The first-order valence-corrected chi connectivity index (χ1v) is 6.66. The van der Waals surface area contributed by atoms with Gasteiger partial charge in [-0.25, -0.2) is 0 Å². The third-order valence-electron chi connectivity index (χ3n) is 3.07. The van der Waals surface area contributed by atoms with Crippen LogP contribution in [0.1, 0.15) is 19.1 Å². The Morgan fingerprint density at radius 2 is 2.16 bits per heavy atom. The van der Waals surface area contributed by atoms with Crippen LogP contribution in [-0.2, 0) is 4.74 Å². The summed E-state index contributed by atoms with van der Waals surface area (Å²) in [4.78, 5) is 0. The molecule has 0 aliphatic rings. The van der Waals surface area contributed by atoms with Gasteiger partial charge in [-0.3, -0.25) is 0 Å². The molecule has 0 aliphatic carbocycles. The summed E-state index contributed by atoms with van der Waals surface area (Å²) in [6.07, 6.45) is 3.20. The van der Waals surface area contributed by atoms with Crippen molar-refractivity contribution in [2.75, 3.05) is 26.8 Å². The predicted molar refractivity (Wildman–Crippen MR) is 79.2 cm³/mol. The summed E-state index contributed by atoms with van der Waals surface area (Å²) in [7, 11) is 1.72. The Bertz CT molecular complexity index is 509. The number of allylic oxidation sites excluding steroid dienone is 1. The standard InChI is InChI=1S/C16H21NO2/c1-13(6-5-9-17-10-11-18-2)16-12-14-7-3-4-8-15(14)19-16/h3-4,6-8,12,17H,5,9-11H2,1-2H3/b13-6-. The average molecular weight is 259 g/mol. The number of methoxy groups -OCH3 is 1. The first kappa shape index (κ1) is 13.8. The molecule has 0 atom stereocenters. The number of hydrogen-bond acceptors (Lipinski definition) is 3. The highest BCUT2D eigenvalue weighted by atomic mass is 16.5. The number of benzene rings is 1. The molecule has 3 heteroatoms. The summed E-state index contributed by atoms with van der Waals surface area (Å²) in [6, 6.07) is 10.2. The maximum atomic E-state index is 5.82. The SMILES string of the molecule is COCCNCC/C=C(/C)c1cc2ccccc2o1. The lowest BCUT2D eigenvalue weighted by Gasteiger charge is -2.01. The number of nitrogens with one attached hydrogen (secondary N) is 1. The highest BCUT2D eigenvalue weighted by Gasteiger charge is 2.03. The van der Waals surface area contributed by atoms with Crippen LogP contribution < -0.4 is 5.32 Å². The fraction of sp³-hybridized carbons (Fsp3) is 0.375. The average Bonchev–Trinajstić information content (AvgIpc) is 2.86. The zero-order valence-electron chi connectivity index (χ0n) is 11.6. The number of ether oxygens (including phenoxy) is 1. The molecule has 0 unspecified atom stereocenters. The molecule has 19 heavy (non-hydrogen) atoms. The van der Waals surface area contributed by atoms with E-state index in [0.717, 1.165) is 42.8 Å². The Morgan fingerprint density at radius 1 is 1.32 bits per heavy atom. The molecule has 0 spiro atoms. The van der Waals surface area contributed by atoms with Gasteiger partial charge in [-0.05, 0) is 37.6 Å². The summed E-state index contributed by atoms with van der Waals surface area (Å²) in [5.41, 5.74) is 2.13. The predicted octanol–water partition coefficient (Wildman–Crippen LogP) is 3.46. The number of furan rings is 1. The second-order valence-electron chi connectivity index (χ2n) is 4.57. The van der Waals surface area contributed by atoms with Gasteiger partial charge in [0.15, 0.2) is 0 Å². The zero-order chi connectivity index (χ0) is 13.5. The summed E-state index contributed by atoms with van der Waals surface area (Å²) < 4.78 is 10.8. The second kappa shape index (κ2) is 7.12. The van der Waals surface area contributed by atoms with Gasteiger partial charge in [-0.1, -0.05) is 24.3 Å². The molecule has 1 aromatic carbocycles. The molecule has 3 nitrogen and oxygen atoms in total. The van der Waals surface area contributed by atoms with Crippen molar-refractivity contribution in [3.05, 3.63) is 42.2 Å². The number of rotatable bonds is 7. The van der Waals surface area contributed by atoms with E-state index < -0.39 is 0 Å². The molecule has 102 valence electrons. The molecule has 0 saturated carbocycles. The van der Waals surface area contributed by atoms with Crippen LogP contribution in [-0.4, -0.2) is 26.8 Å². The van der Waals surface area contributed by atoms with E-state index in [1.165, 1.54) is 5.57 Å². The van der Waals surface area contributed by atoms with E-state index in [1.807, 2.05) is 18.2 Å². The van der Waals surface area contributed by atoms with Crippen molar-refractivity contribution in [3.63, 3.8) is 0 Å². The smallest absolute Gasteiger partial charge is 0.134 e. The summed E-state index contributed by atoms with van der Waals surface area (Å²) >= 11 is 0. The summed E-state index contributed by atoms with van der Waals surface area (Å²) in [6.45, 7) is 4.70. The Morgan fingerprint density at radius 3 is 2.95 bits per heavy atom. The minimum absolute atomic E-state index is 0.756. The van der Waals surface area contributed by atoms with Crippen molar-refractivity contribution in [2.24, 2.45) is 0 Å². The van der Waals surface area contributed by atoms with E-state index in [0.29, 0.717) is 0 Å². The fourth-order valence-corrected chi connectivity index (χ4v) is 1.97. The van der Waals surface area contributed by atoms with Crippen molar-refractivity contribution in [1.82, 2.24) is 5.32 Å². The van der Waals surface area contributed by atoms with Gasteiger partial charge in [0.2, 0.25) is 0 Å². The first-order chi connectivity index (χ1) is 9.31. The molecular formula is C16H21NO2. The molecule has 2 aromatic rings. The third-order valence-corrected chi connectivity index (χ3v) is 3.07. The van der Waals surface area contributed by atoms with Crippen LogP contribution in [0.15, 0.2) is 40.8 Å². The molecule has 0 amide bonds. The maximum absolute atomic E-state index is 5.82. The largest absolute Gasteiger partial charge is 0.456 e. The summed E-state index contributed by atoms with van der Waals surface area (Å²) in [5, 5.41) is 4.48. The van der Waals surface area contributed by atoms with E-state index in [1.54, 1.807) is 7.11 Å². The molecule has 0 fully saturated rings. The van der Waals surface area contributed by atoms with Crippen LogP contribution in [0.2, 0.25) is 0 Å². The van der Waals surface area contributed by atoms with E-state index >= 15 is 0 Å². The lowest BCUT2D eigenvalue weighted by molar-refractivity contribution is 0.199. The van der Waals surface area contributed by atoms with Gasteiger partial charge in [0.1, 0.15) is 11.3 Å². The molecular weight excluding hydrogens is 238 g/mol. The number of para-hydroxylation sites is 1. The zero-order valence-corrected chi connectivity index (χ0v) is 11.6. The molecule has 0 saturated heterocycles. The Labute approximate surface area is 114 Å². The third kappa shape index (κ3) is 3.94. The molecule has 0 radical (unpaired) electrons. The lowest BCUT2D eigenvalue weighted by atomic mass is 10.2. The van der Waals surface area contributed by atoms with Gasteiger partial charge in [0.25, 0.3) is 0 Å². The first-order valence-electron chi connectivity index (χ1n) is 6.66. The van der Waals surface area contributed by atoms with E-state index in [4.69, 9.17) is 9.15 Å². The lowest BCUT2D eigenvalue weighted by Crippen LogP contribution is -2.19. The van der Waals surface area contributed by atoms with Crippen molar-refractivity contribution in [3.8, 4) is 0 Å². The Kier molecular flexibility index (Phi) is 5.19. The molecule has 0 bridgehead atoms. The molecule has 2 rings (SSSR count). The van der Waals surface area contributed by atoms with Crippen LogP contribution >= 0.6 is 0 Å². The van der Waals surface area contributed by atoms with E-state index in [9.17, 15) is 0 Å². The van der Waals surface area contributed by atoms with Crippen molar-refractivity contribution >= 4 is 16.5 Å². The monoisotopic (exact) mass is 259 g/mol.